The summed E-state index contributed by atoms with van der Waals surface area (Å²) in [5, 5.41) is 9.85. The van der Waals surface area contributed by atoms with Gasteiger partial charge in [-0.1, -0.05) is 27.7 Å². The second-order valence-corrected chi connectivity index (χ2v) is 4.37. The SMILES string of the molecule is CC(C)[C@@H]1OC[C@@H](C)[C@H](C)[C@H]1O. The maximum Gasteiger partial charge on any atom is 0.0859 e. The molecule has 2 nitrogen and oxygen atoms in total. The summed E-state index contributed by atoms with van der Waals surface area (Å²) in [7, 11) is 0. The minimum atomic E-state index is -0.284. The van der Waals surface area contributed by atoms with Crippen molar-refractivity contribution >= 4 is 0 Å². The van der Waals surface area contributed by atoms with Crippen molar-refractivity contribution in [2.24, 2.45) is 17.8 Å². The summed E-state index contributed by atoms with van der Waals surface area (Å²) in [4.78, 5) is 0. The predicted molar refractivity (Wildman–Crippen MR) is 48.9 cm³/mol. The van der Waals surface area contributed by atoms with E-state index in [1.807, 2.05) is 0 Å². The van der Waals surface area contributed by atoms with E-state index in [9.17, 15) is 5.11 Å². The highest BCUT2D eigenvalue weighted by atomic mass is 16.5. The van der Waals surface area contributed by atoms with E-state index in [1.165, 1.54) is 0 Å². The Morgan fingerprint density at radius 3 is 2.42 bits per heavy atom. The topological polar surface area (TPSA) is 29.5 Å². The average Bonchev–Trinajstić information content (AvgIpc) is 2.00. The maximum absolute atomic E-state index is 9.85. The van der Waals surface area contributed by atoms with Crippen LogP contribution in [0.2, 0.25) is 0 Å². The van der Waals surface area contributed by atoms with E-state index < -0.39 is 0 Å². The molecule has 0 aromatic rings. The highest BCUT2D eigenvalue weighted by molar-refractivity contribution is 4.83. The van der Waals surface area contributed by atoms with Crippen molar-refractivity contribution in [3.63, 3.8) is 0 Å². The van der Waals surface area contributed by atoms with E-state index in [4.69, 9.17) is 4.74 Å². The van der Waals surface area contributed by atoms with Crippen LogP contribution in [0.5, 0.6) is 0 Å². The molecule has 4 atom stereocenters. The van der Waals surface area contributed by atoms with Gasteiger partial charge in [-0.3, -0.25) is 0 Å². The molecule has 1 heterocycles. The Balaban J connectivity index is 2.58. The lowest BCUT2D eigenvalue weighted by molar-refractivity contribution is -0.141. The summed E-state index contributed by atoms with van der Waals surface area (Å²) in [5.41, 5.74) is 0. The van der Waals surface area contributed by atoms with Gasteiger partial charge in [-0.25, -0.2) is 0 Å². The second kappa shape index (κ2) is 3.75. The molecule has 72 valence electrons. The average molecular weight is 172 g/mol. The normalized spacial score (nSPS) is 43.5. The molecule has 1 saturated heterocycles. The van der Waals surface area contributed by atoms with Crippen LogP contribution in [-0.4, -0.2) is 23.9 Å². The molecule has 1 fully saturated rings. The van der Waals surface area contributed by atoms with E-state index in [-0.39, 0.29) is 12.2 Å². The largest absolute Gasteiger partial charge is 0.390 e. The first-order chi connectivity index (χ1) is 5.54. The van der Waals surface area contributed by atoms with Crippen LogP contribution in [0.25, 0.3) is 0 Å². The molecule has 2 heteroatoms. The Kier molecular flexibility index (Phi) is 3.13. The van der Waals surface area contributed by atoms with Gasteiger partial charge in [0.2, 0.25) is 0 Å². The summed E-state index contributed by atoms with van der Waals surface area (Å²) < 4.78 is 5.58. The van der Waals surface area contributed by atoms with Gasteiger partial charge in [0.25, 0.3) is 0 Å². The van der Waals surface area contributed by atoms with Crippen LogP contribution >= 0.6 is 0 Å². The second-order valence-electron chi connectivity index (χ2n) is 4.37. The van der Waals surface area contributed by atoms with Crippen LogP contribution < -0.4 is 0 Å². The highest BCUT2D eigenvalue weighted by Gasteiger charge is 2.35. The predicted octanol–water partition coefficient (Wildman–Crippen LogP) is 1.67. The van der Waals surface area contributed by atoms with Crippen molar-refractivity contribution in [1.82, 2.24) is 0 Å². The molecule has 0 spiro atoms. The third-order valence-corrected chi connectivity index (χ3v) is 2.98. The third kappa shape index (κ3) is 1.80. The van der Waals surface area contributed by atoms with Crippen LogP contribution in [0.15, 0.2) is 0 Å². The highest BCUT2D eigenvalue weighted by Crippen LogP contribution is 2.28. The summed E-state index contributed by atoms with van der Waals surface area (Å²) >= 11 is 0. The molecule has 1 aliphatic heterocycles. The van der Waals surface area contributed by atoms with Gasteiger partial charge in [-0.15, -0.1) is 0 Å². The molecule has 12 heavy (non-hydrogen) atoms. The fourth-order valence-electron chi connectivity index (χ4n) is 1.74. The van der Waals surface area contributed by atoms with E-state index in [1.54, 1.807) is 0 Å². The number of aliphatic hydroxyl groups excluding tert-OH is 1. The van der Waals surface area contributed by atoms with Gasteiger partial charge in [0.05, 0.1) is 12.2 Å². The Bertz CT molecular complexity index is 145. The van der Waals surface area contributed by atoms with Crippen molar-refractivity contribution in [3.8, 4) is 0 Å². The molecule has 1 aliphatic rings. The molecule has 0 aliphatic carbocycles. The molecule has 1 N–H and O–H groups in total. The van der Waals surface area contributed by atoms with Gasteiger partial charge < -0.3 is 9.84 Å². The molecular formula is C10H20O2. The standard InChI is InChI=1S/C10H20O2/c1-6(2)10-9(11)8(4)7(3)5-12-10/h6-11H,5H2,1-4H3/t7-,8+,9-,10+/m1/s1. The number of hydrogen-bond donors (Lipinski definition) is 1. The van der Waals surface area contributed by atoms with E-state index in [2.05, 4.69) is 27.7 Å². The lowest BCUT2D eigenvalue weighted by atomic mass is 9.82. The van der Waals surface area contributed by atoms with E-state index in [0.29, 0.717) is 17.8 Å². The lowest BCUT2D eigenvalue weighted by Gasteiger charge is -2.39. The molecule has 0 aromatic heterocycles. The van der Waals surface area contributed by atoms with Crippen molar-refractivity contribution < 1.29 is 9.84 Å². The molecular weight excluding hydrogens is 152 g/mol. The molecule has 0 radical (unpaired) electrons. The maximum atomic E-state index is 9.85. The summed E-state index contributed by atoms with van der Waals surface area (Å²) in [6.45, 7) is 9.21. The van der Waals surface area contributed by atoms with Gasteiger partial charge in [-0.2, -0.15) is 0 Å². The molecule has 0 bridgehead atoms. The monoisotopic (exact) mass is 172 g/mol. The van der Waals surface area contributed by atoms with Crippen molar-refractivity contribution in [1.29, 1.82) is 0 Å². The summed E-state index contributed by atoms with van der Waals surface area (Å²) in [5.74, 6) is 1.26. The zero-order valence-corrected chi connectivity index (χ0v) is 8.45. The first-order valence-corrected chi connectivity index (χ1v) is 4.83. The van der Waals surface area contributed by atoms with Crippen LogP contribution in [0.3, 0.4) is 0 Å². The minimum absolute atomic E-state index is 0.0381. The van der Waals surface area contributed by atoms with Gasteiger partial charge in [0, 0.05) is 6.61 Å². The van der Waals surface area contributed by atoms with Gasteiger partial charge in [0.1, 0.15) is 0 Å². The molecule has 0 saturated carbocycles. The fraction of sp³-hybridized carbons (Fsp3) is 1.00. The van der Waals surface area contributed by atoms with E-state index >= 15 is 0 Å². The Morgan fingerprint density at radius 2 is 1.92 bits per heavy atom. The Labute approximate surface area is 74.9 Å². The Hall–Kier alpha value is -0.0800. The zero-order chi connectivity index (χ0) is 9.30. The fourth-order valence-corrected chi connectivity index (χ4v) is 1.74. The van der Waals surface area contributed by atoms with Gasteiger partial charge >= 0.3 is 0 Å². The third-order valence-electron chi connectivity index (χ3n) is 2.98. The molecule has 1 rings (SSSR count). The summed E-state index contributed by atoms with van der Waals surface area (Å²) in [6, 6.07) is 0. The van der Waals surface area contributed by atoms with Crippen molar-refractivity contribution in [2.45, 2.75) is 39.9 Å². The molecule has 0 unspecified atom stereocenters. The minimum Gasteiger partial charge on any atom is -0.390 e. The molecule has 0 amide bonds. The number of aliphatic hydroxyl groups is 1. The van der Waals surface area contributed by atoms with Crippen LogP contribution in [0.1, 0.15) is 27.7 Å². The van der Waals surface area contributed by atoms with Crippen molar-refractivity contribution in [3.05, 3.63) is 0 Å². The van der Waals surface area contributed by atoms with Crippen LogP contribution in [0, 0.1) is 17.8 Å². The Morgan fingerprint density at radius 1 is 1.33 bits per heavy atom. The van der Waals surface area contributed by atoms with Gasteiger partial charge in [-0.05, 0) is 17.8 Å². The quantitative estimate of drug-likeness (QED) is 0.652. The smallest absolute Gasteiger partial charge is 0.0859 e. The number of hydrogen-bond acceptors (Lipinski definition) is 2. The first-order valence-electron chi connectivity index (χ1n) is 4.83. The summed E-state index contributed by atoms with van der Waals surface area (Å²) in [6.07, 6.45) is -0.245. The number of rotatable bonds is 1. The van der Waals surface area contributed by atoms with Crippen molar-refractivity contribution in [2.75, 3.05) is 6.61 Å². The van der Waals surface area contributed by atoms with Gasteiger partial charge in [0.15, 0.2) is 0 Å². The first kappa shape index (κ1) is 10.0. The van der Waals surface area contributed by atoms with Crippen LogP contribution in [-0.2, 0) is 4.74 Å². The zero-order valence-electron chi connectivity index (χ0n) is 8.45. The van der Waals surface area contributed by atoms with Crippen LogP contribution in [0.4, 0.5) is 0 Å². The lowest BCUT2D eigenvalue weighted by Crippen LogP contribution is -2.46. The number of ether oxygens (including phenoxy) is 1. The van der Waals surface area contributed by atoms with E-state index in [0.717, 1.165) is 6.61 Å². The molecule has 0 aromatic carbocycles.